The molecule has 0 heterocycles. The van der Waals surface area contributed by atoms with E-state index in [0.29, 0.717) is 0 Å². The zero-order valence-corrected chi connectivity index (χ0v) is 9.74. The Morgan fingerprint density at radius 1 is 1.27 bits per heavy atom. The highest BCUT2D eigenvalue weighted by Gasteiger charge is 2.20. The Morgan fingerprint density at radius 2 is 1.87 bits per heavy atom. The second kappa shape index (κ2) is 4.45. The molecule has 0 spiro atoms. The monoisotopic (exact) mass is 206 g/mol. The van der Waals surface area contributed by atoms with E-state index in [2.05, 4.69) is 0 Å². The number of aryl methyl sites for hydroxylation is 2. The van der Waals surface area contributed by atoms with E-state index in [-0.39, 0.29) is 11.9 Å². The summed E-state index contributed by atoms with van der Waals surface area (Å²) in [7, 11) is 3.70. The maximum atomic E-state index is 11.3. The molecule has 0 bridgehead atoms. The van der Waals surface area contributed by atoms with E-state index in [9.17, 15) is 4.79 Å². The zero-order valence-electron chi connectivity index (χ0n) is 9.74. The van der Waals surface area contributed by atoms with Crippen molar-refractivity contribution in [1.82, 2.24) is 4.90 Å². The van der Waals surface area contributed by atoms with Gasteiger partial charge < -0.3 is 5.73 Å². The minimum atomic E-state index is -0.343. The van der Waals surface area contributed by atoms with Crippen LogP contribution < -0.4 is 5.73 Å². The van der Waals surface area contributed by atoms with Gasteiger partial charge in [-0.25, -0.2) is 0 Å². The molecule has 1 rings (SSSR count). The van der Waals surface area contributed by atoms with Crippen molar-refractivity contribution in [2.45, 2.75) is 19.9 Å². The van der Waals surface area contributed by atoms with Gasteiger partial charge in [0.15, 0.2) is 0 Å². The lowest BCUT2D eigenvalue weighted by Gasteiger charge is -2.22. The van der Waals surface area contributed by atoms with Crippen molar-refractivity contribution in [3.63, 3.8) is 0 Å². The van der Waals surface area contributed by atoms with Crippen LogP contribution in [0.2, 0.25) is 0 Å². The Labute approximate surface area is 90.9 Å². The Balaban J connectivity index is 3.12. The largest absolute Gasteiger partial charge is 0.368 e. The van der Waals surface area contributed by atoms with Gasteiger partial charge >= 0.3 is 0 Å². The van der Waals surface area contributed by atoms with Crippen molar-refractivity contribution in [3.05, 3.63) is 34.9 Å². The molecule has 0 saturated carbocycles. The van der Waals surface area contributed by atoms with Gasteiger partial charge in [-0.1, -0.05) is 18.2 Å². The molecule has 2 N–H and O–H groups in total. The molecular formula is C12H18N2O. The first-order chi connectivity index (χ1) is 6.93. The number of likely N-dealkylation sites (N-methyl/N-ethyl adjacent to an activating group) is 1. The zero-order chi connectivity index (χ0) is 11.6. The Kier molecular flexibility index (Phi) is 3.48. The predicted octanol–water partition coefficient (Wildman–Crippen LogP) is 1.39. The molecule has 3 heteroatoms. The first kappa shape index (κ1) is 11.7. The molecule has 1 atom stereocenters. The second-order valence-corrected chi connectivity index (χ2v) is 4.11. The van der Waals surface area contributed by atoms with Crippen molar-refractivity contribution >= 4 is 5.91 Å². The molecule has 1 aromatic rings. The van der Waals surface area contributed by atoms with E-state index in [1.165, 1.54) is 11.1 Å². The third kappa shape index (κ3) is 2.57. The van der Waals surface area contributed by atoms with Gasteiger partial charge in [0.05, 0.1) is 0 Å². The highest BCUT2D eigenvalue weighted by Crippen LogP contribution is 2.20. The minimum absolute atomic E-state index is 0.316. The molecule has 1 unspecified atom stereocenters. The van der Waals surface area contributed by atoms with E-state index < -0.39 is 0 Å². The van der Waals surface area contributed by atoms with Crippen molar-refractivity contribution in [1.29, 1.82) is 0 Å². The number of benzene rings is 1. The number of nitrogens with two attached hydrogens (primary N) is 1. The summed E-state index contributed by atoms with van der Waals surface area (Å²) in [6.45, 7) is 4.08. The average Bonchev–Trinajstić information content (AvgIpc) is 2.10. The van der Waals surface area contributed by atoms with E-state index in [1.807, 2.05) is 51.0 Å². The number of hydrogen-bond acceptors (Lipinski definition) is 2. The molecule has 82 valence electrons. The summed E-state index contributed by atoms with van der Waals surface area (Å²) in [5.74, 6) is -0.316. The predicted molar refractivity (Wildman–Crippen MR) is 61.5 cm³/mol. The van der Waals surface area contributed by atoms with Crippen LogP contribution in [0.25, 0.3) is 0 Å². The fourth-order valence-electron chi connectivity index (χ4n) is 1.65. The number of rotatable bonds is 3. The SMILES string of the molecule is Cc1ccc(C(C(N)=O)N(C)C)cc1C. The lowest BCUT2D eigenvalue weighted by atomic mass is 10.00. The molecule has 1 aromatic carbocycles. The van der Waals surface area contributed by atoms with Gasteiger partial charge in [0, 0.05) is 0 Å². The number of carbonyl (C=O) groups is 1. The van der Waals surface area contributed by atoms with Crippen LogP contribution in [0.4, 0.5) is 0 Å². The normalized spacial score (nSPS) is 12.9. The van der Waals surface area contributed by atoms with Gasteiger partial charge in [0.25, 0.3) is 0 Å². The van der Waals surface area contributed by atoms with Gasteiger partial charge in [0.2, 0.25) is 5.91 Å². The smallest absolute Gasteiger partial charge is 0.239 e. The standard InChI is InChI=1S/C12H18N2O/c1-8-5-6-10(7-9(8)2)11(12(13)15)14(3)4/h5-7,11H,1-4H3,(H2,13,15). The molecule has 0 aromatic heterocycles. The molecule has 3 nitrogen and oxygen atoms in total. The summed E-state index contributed by atoms with van der Waals surface area (Å²) in [5, 5.41) is 0. The molecule has 0 fully saturated rings. The number of nitrogens with zero attached hydrogens (tertiary/aromatic N) is 1. The number of primary amides is 1. The molecule has 1 amide bonds. The van der Waals surface area contributed by atoms with E-state index >= 15 is 0 Å². The maximum absolute atomic E-state index is 11.3. The Morgan fingerprint density at radius 3 is 2.27 bits per heavy atom. The van der Waals surface area contributed by atoms with Crippen LogP contribution >= 0.6 is 0 Å². The first-order valence-corrected chi connectivity index (χ1v) is 4.96. The average molecular weight is 206 g/mol. The van der Waals surface area contributed by atoms with Crippen LogP contribution in [0.15, 0.2) is 18.2 Å². The summed E-state index contributed by atoms with van der Waals surface area (Å²) < 4.78 is 0. The van der Waals surface area contributed by atoms with Crippen molar-refractivity contribution in [2.24, 2.45) is 5.73 Å². The fraction of sp³-hybridized carbons (Fsp3) is 0.417. The van der Waals surface area contributed by atoms with Crippen LogP contribution in [0, 0.1) is 13.8 Å². The summed E-state index contributed by atoms with van der Waals surface area (Å²) in [4.78, 5) is 13.1. The third-order valence-electron chi connectivity index (χ3n) is 2.63. The van der Waals surface area contributed by atoms with Gasteiger partial charge in [-0.3, -0.25) is 9.69 Å². The maximum Gasteiger partial charge on any atom is 0.239 e. The summed E-state index contributed by atoms with van der Waals surface area (Å²) in [6, 6.07) is 5.65. The minimum Gasteiger partial charge on any atom is -0.368 e. The van der Waals surface area contributed by atoms with Crippen LogP contribution in [0.1, 0.15) is 22.7 Å². The summed E-state index contributed by atoms with van der Waals surface area (Å²) >= 11 is 0. The molecular weight excluding hydrogens is 188 g/mol. The van der Waals surface area contributed by atoms with E-state index in [1.54, 1.807) is 0 Å². The Hall–Kier alpha value is -1.35. The van der Waals surface area contributed by atoms with Crippen LogP contribution in [-0.4, -0.2) is 24.9 Å². The molecule has 0 aliphatic rings. The number of hydrogen-bond donors (Lipinski definition) is 1. The fourth-order valence-corrected chi connectivity index (χ4v) is 1.65. The van der Waals surface area contributed by atoms with Crippen LogP contribution in [0.5, 0.6) is 0 Å². The topological polar surface area (TPSA) is 46.3 Å². The number of carbonyl (C=O) groups excluding carboxylic acids is 1. The lowest BCUT2D eigenvalue weighted by molar-refractivity contribution is -0.122. The van der Waals surface area contributed by atoms with Crippen molar-refractivity contribution < 1.29 is 4.79 Å². The molecule has 0 radical (unpaired) electrons. The summed E-state index contributed by atoms with van der Waals surface area (Å²) in [5.41, 5.74) is 8.74. The second-order valence-electron chi connectivity index (χ2n) is 4.11. The van der Waals surface area contributed by atoms with Gasteiger partial charge in [-0.15, -0.1) is 0 Å². The van der Waals surface area contributed by atoms with Crippen molar-refractivity contribution in [2.75, 3.05) is 14.1 Å². The van der Waals surface area contributed by atoms with Crippen LogP contribution in [-0.2, 0) is 4.79 Å². The first-order valence-electron chi connectivity index (χ1n) is 4.96. The summed E-state index contributed by atoms with van der Waals surface area (Å²) in [6.07, 6.45) is 0. The lowest BCUT2D eigenvalue weighted by Crippen LogP contribution is -2.32. The quantitative estimate of drug-likeness (QED) is 0.812. The Bertz CT molecular complexity index is 372. The highest BCUT2D eigenvalue weighted by atomic mass is 16.1. The molecule has 0 saturated heterocycles. The van der Waals surface area contributed by atoms with Crippen molar-refractivity contribution in [3.8, 4) is 0 Å². The van der Waals surface area contributed by atoms with Gasteiger partial charge in [-0.05, 0) is 44.6 Å². The molecule has 0 aliphatic carbocycles. The van der Waals surface area contributed by atoms with Crippen LogP contribution in [0.3, 0.4) is 0 Å². The van der Waals surface area contributed by atoms with E-state index in [4.69, 9.17) is 5.73 Å². The third-order valence-corrected chi connectivity index (χ3v) is 2.63. The highest BCUT2D eigenvalue weighted by molar-refractivity contribution is 5.81. The van der Waals surface area contributed by atoms with Gasteiger partial charge in [0.1, 0.15) is 6.04 Å². The number of amides is 1. The molecule has 0 aliphatic heterocycles. The van der Waals surface area contributed by atoms with E-state index in [0.717, 1.165) is 5.56 Å². The molecule has 15 heavy (non-hydrogen) atoms. The van der Waals surface area contributed by atoms with Gasteiger partial charge in [-0.2, -0.15) is 0 Å².